The maximum Gasteiger partial charge on any atom is 0.411 e. The van der Waals surface area contributed by atoms with Gasteiger partial charge in [0.15, 0.2) is 0 Å². The molecule has 5 heteroatoms. The van der Waals surface area contributed by atoms with Crippen LogP contribution in [0.2, 0.25) is 0 Å². The molecule has 3 aliphatic rings. The Morgan fingerprint density at radius 3 is 2.80 bits per heavy atom. The Labute approximate surface area is 177 Å². The molecule has 5 atom stereocenters. The van der Waals surface area contributed by atoms with Crippen LogP contribution in [0.15, 0.2) is 54.6 Å². The molecule has 1 aliphatic carbocycles. The lowest BCUT2D eigenvalue weighted by Gasteiger charge is -2.49. The number of hydrogen-bond donors (Lipinski definition) is 1. The fourth-order valence-electron chi connectivity index (χ4n) is 6.04. The van der Waals surface area contributed by atoms with Gasteiger partial charge in [-0.25, -0.2) is 9.18 Å². The molecule has 1 saturated carbocycles. The van der Waals surface area contributed by atoms with Gasteiger partial charge in [0.05, 0.1) is 0 Å². The van der Waals surface area contributed by atoms with E-state index in [0.717, 1.165) is 25.8 Å². The minimum Gasteiger partial charge on any atom is -0.446 e. The summed E-state index contributed by atoms with van der Waals surface area (Å²) in [5.41, 5.74) is 1.82. The van der Waals surface area contributed by atoms with Crippen LogP contribution < -0.4 is 5.32 Å². The molecular formula is C25H29FN2O2. The van der Waals surface area contributed by atoms with E-state index in [4.69, 9.17) is 4.74 Å². The van der Waals surface area contributed by atoms with Crippen LogP contribution in [-0.4, -0.2) is 35.7 Å². The summed E-state index contributed by atoms with van der Waals surface area (Å²) in [7, 11) is 0. The monoisotopic (exact) mass is 408 g/mol. The summed E-state index contributed by atoms with van der Waals surface area (Å²) in [6.07, 6.45) is 6.29. The summed E-state index contributed by atoms with van der Waals surface area (Å²) in [6, 6.07) is 17.7. The lowest BCUT2D eigenvalue weighted by Crippen LogP contribution is -2.55. The van der Waals surface area contributed by atoms with Crippen LogP contribution in [0.25, 0.3) is 0 Å². The summed E-state index contributed by atoms with van der Waals surface area (Å²) in [5.74, 6) is 0.586. The minimum atomic E-state index is -0.472. The van der Waals surface area contributed by atoms with Gasteiger partial charge in [-0.3, -0.25) is 10.2 Å². The van der Waals surface area contributed by atoms with Crippen LogP contribution in [0.5, 0.6) is 0 Å². The summed E-state index contributed by atoms with van der Waals surface area (Å²) in [6.45, 7) is 1.15. The van der Waals surface area contributed by atoms with Crippen molar-refractivity contribution in [3.8, 4) is 0 Å². The van der Waals surface area contributed by atoms with E-state index in [0.29, 0.717) is 29.6 Å². The lowest BCUT2D eigenvalue weighted by molar-refractivity contribution is -0.0144. The maximum atomic E-state index is 13.4. The van der Waals surface area contributed by atoms with Gasteiger partial charge in [0, 0.05) is 23.7 Å². The van der Waals surface area contributed by atoms with E-state index in [1.165, 1.54) is 37.0 Å². The number of nitrogens with zero attached hydrogens (tertiary/aromatic N) is 1. The number of nitrogens with one attached hydrogen (secondary N) is 1. The van der Waals surface area contributed by atoms with Crippen molar-refractivity contribution in [1.82, 2.24) is 4.90 Å². The van der Waals surface area contributed by atoms with Gasteiger partial charge in [0.1, 0.15) is 11.9 Å². The number of amides is 1. The Morgan fingerprint density at radius 1 is 1.10 bits per heavy atom. The van der Waals surface area contributed by atoms with Crippen LogP contribution in [0, 0.1) is 17.7 Å². The molecule has 3 fully saturated rings. The van der Waals surface area contributed by atoms with Gasteiger partial charge in [-0.05, 0) is 68.3 Å². The minimum absolute atomic E-state index is 0.0602. The number of rotatable bonds is 4. The predicted octanol–water partition coefficient (Wildman–Crippen LogP) is 5.25. The van der Waals surface area contributed by atoms with E-state index in [2.05, 4.69) is 40.5 Å². The number of halogens is 1. The fourth-order valence-corrected chi connectivity index (χ4v) is 6.04. The van der Waals surface area contributed by atoms with Gasteiger partial charge in [-0.15, -0.1) is 0 Å². The molecule has 2 heterocycles. The highest BCUT2D eigenvalue weighted by Crippen LogP contribution is 2.49. The van der Waals surface area contributed by atoms with Crippen molar-refractivity contribution in [2.75, 3.05) is 11.9 Å². The van der Waals surface area contributed by atoms with E-state index >= 15 is 0 Å². The average molecular weight is 409 g/mol. The van der Waals surface area contributed by atoms with Gasteiger partial charge in [0.2, 0.25) is 0 Å². The van der Waals surface area contributed by atoms with E-state index < -0.39 is 6.09 Å². The zero-order chi connectivity index (χ0) is 20.5. The number of carbonyl (C=O) groups is 1. The second kappa shape index (κ2) is 8.38. The zero-order valence-corrected chi connectivity index (χ0v) is 17.2. The average Bonchev–Trinajstić information content (AvgIpc) is 3.11. The fraction of sp³-hybridized carbons (Fsp3) is 0.480. The standard InChI is InChI=1S/C25H29FN2O2/c26-19-9-6-10-20(16-19)27-25(29)30-24-15-18-14-21(24)22-11-4-5-12-28(22)23(18)13-17-7-2-1-3-8-17/h1-3,6-10,16,18,21-24H,4-5,11-15H2,(H,27,29)/t18?,21?,22-,23+,24?/m1/s1. The van der Waals surface area contributed by atoms with Crippen molar-refractivity contribution < 1.29 is 13.9 Å². The summed E-state index contributed by atoms with van der Waals surface area (Å²) in [5, 5.41) is 2.70. The van der Waals surface area contributed by atoms with E-state index in [-0.39, 0.29) is 11.9 Å². The number of ether oxygens (including phenoxy) is 1. The Balaban J connectivity index is 1.30. The van der Waals surface area contributed by atoms with Gasteiger partial charge >= 0.3 is 6.09 Å². The van der Waals surface area contributed by atoms with Crippen molar-refractivity contribution in [2.24, 2.45) is 11.8 Å². The van der Waals surface area contributed by atoms with Crippen LogP contribution in [0.1, 0.15) is 37.7 Å². The number of hydrogen-bond acceptors (Lipinski definition) is 3. The highest BCUT2D eigenvalue weighted by atomic mass is 19.1. The number of carbonyl (C=O) groups excluding carboxylic acids is 1. The van der Waals surface area contributed by atoms with Gasteiger partial charge in [0.25, 0.3) is 0 Å². The molecule has 1 amide bonds. The third kappa shape index (κ3) is 3.95. The molecule has 2 aliphatic heterocycles. The number of piperidine rings is 2. The smallest absolute Gasteiger partial charge is 0.411 e. The summed E-state index contributed by atoms with van der Waals surface area (Å²) < 4.78 is 19.3. The first kappa shape index (κ1) is 19.6. The first-order valence-electron chi connectivity index (χ1n) is 11.2. The number of anilines is 1. The summed E-state index contributed by atoms with van der Waals surface area (Å²) in [4.78, 5) is 15.3. The third-order valence-electron chi connectivity index (χ3n) is 7.26. The van der Waals surface area contributed by atoms with Gasteiger partial charge in [-0.1, -0.05) is 42.8 Å². The van der Waals surface area contributed by atoms with E-state index in [1.807, 2.05) is 0 Å². The molecule has 0 radical (unpaired) electrons. The normalized spacial score (nSPS) is 30.5. The van der Waals surface area contributed by atoms with Crippen molar-refractivity contribution in [3.63, 3.8) is 0 Å². The molecule has 2 aromatic rings. The first-order valence-corrected chi connectivity index (χ1v) is 11.2. The molecule has 3 unspecified atom stereocenters. The summed E-state index contributed by atoms with van der Waals surface area (Å²) >= 11 is 0. The predicted molar refractivity (Wildman–Crippen MR) is 115 cm³/mol. The Morgan fingerprint density at radius 2 is 1.97 bits per heavy atom. The molecule has 2 saturated heterocycles. The molecule has 30 heavy (non-hydrogen) atoms. The molecule has 2 aromatic carbocycles. The molecular weight excluding hydrogens is 379 g/mol. The Bertz CT molecular complexity index is 890. The molecule has 0 spiro atoms. The number of fused-ring (bicyclic) bond motifs is 4. The van der Waals surface area contributed by atoms with E-state index in [1.54, 1.807) is 12.1 Å². The second-order valence-corrected chi connectivity index (χ2v) is 9.03. The van der Waals surface area contributed by atoms with Gasteiger partial charge in [-0.2, -0.15) is 0 Å². The zero-order valence-electron chi connectivity index (χ0n) is 17.2. The molecule has 0 aromatic heterocycles. The highest BCUT2D eigenvalue weighted by molar-refractivity contribution is 5.84. The molecule has 4 nitrogen and oxygen atoms in total. The van der Waals surface area contributed by atoms with Gasteiger partial charge < -0.3 is 4.74 Å². The third-order valence-corrected chi connectivity index (χ3v) is 7.26. The SMILES string of the molecule is O=C(Nc1cccc(F)c1)OC1CC2CC1[C@H]1CCCCN1[C@H]2Cc1ccccc1. The first-order chi connectivity index (χ1) is 14.7. The van der Waals surface area contributed by atoms with Crippen LogP contribution in [-0.2, 0) is 11.2 Å². The van der Waals surface area contributed by atoms with Crippen LogP contribution in [0.3, 0.4) is 0 Å². The van der Waals surface area contributed by atoms with Crippen LogP contribution in [0.4, 0.5) is 14.9 Å². The Kier molecular flexibility index (Phi) is 5.47. The molecule has 158 valence electrons. The van der Waals surface area contributed by atoms with Crippen molar-refractivity contribution in [2.45, 2.75) is 56.7 Å². The second-order valence-electron chi connectivity index (χ2n) is 9.03. The highest BCUT2D eigenvalue weighted by Gasteiger charge is 2.52. The van der Waals surface area contributed by atoms with E-state index in [9.17, 15) is 9.18 Å². The molecule has 2 bridgehead atoms. The topological polar surface area (TPSA) is 41.6 Å². The largest absolute Gasteiger partial charge is 0.446 e. The number of benzene rings is 2. The maximum absolute atomic E-state index is 13.4. The lowest BCUT2D eigenvalue weighted by atomic mass is 9.79. The van der Waals surface area contributed by atoms with Crippen molar-refractivity contribution in [3.05, 3.63) is 66.0 Å². The molecule has 5 rings (SSSR count). The van der Waals surface area contributed by atoms with Crippen LogP contribution >= 0.6 is 0 Å². The molecule has 1 N–H and O–H groups in total. The van der Waals surface area contributed by atoms with Crippen molar-refractivity contribution in [1.29, 1.82) is 0 Å². The Hall–Kier alpha value is -2.40. The quantitative estimate of drug-likeness (QED) is 0.751. The van der Waals surface area contributed by atoms with Crippen molar-refractivity contribution >= 4 is 11.8 Å².